The summed E-state index contributed by atoms with van der Waals surface area (Å²) >= 11 is 1.97. The SMILES string of the molecule is O=C(CI)c1ccc(N(c2ccccc2C(=O)O)N2C(=O)CCC2=O)cc1. The van der Waals surface area contributed by atoms with Gasteiger partial charge in [-0.05, 0) is 36.4 Å². The van der Waals surface area contributed by atoms with Crippen LogP contribution in [0.2, 0.25) is 0 Å². The van der Waals surface area contributed by atoms with Gasteiger partial charge in [0.2, 0.25) is 11.8 Å². The number of hydrazine groups is 1. The Balaban J connectivity index is 2.14. The lowest BCUT2D eigenvalue weighted by molar-refractivity contribution is -0.138. The number of anilines is 2. The van der Waals surface area contributed by atoms with Crippen molar-refractivity contribution in [2.24, 2.45) is 0 Å². The molecule has 2 amide bonds. The third kappa shape index (κ3) is 3.70. The van der Waals surface area contributed by atoms with Gasteiger partial charge < -0.3 is 5.11 Å². The minimum atomic E-state index is -1.17. The Morgan fingerprint density at radius 3 is 2.15 bits per heavy atom. The molecule has 8 heteroatoms. The quantitative estimate of drug-likeness (QED) is 0.297. The van der Waals surface area contributed by atoms with Crippen molar-refractivity contribution in [2.75, 3.05) is 9.44 Å². The Morgan fingerprint density at radius 2 is 1.59 bits per heavy atom. The number of ketones is 1. The Kier molecular flexibility index (Phi) is 5.54. The number of imide groups is 1. The molecule has 0 aromatic heterocycles. The predicted octanol–water partition coefficient (Wildman–Crippen LogP) is 3.20. The molecule has 0 aliphatic carbocycles. The summed E-state index contributed by atoms with van der Waals surface area (Å²) in [5.41, 5.74) is 1.06. The number of carboxylic acids is 1. The maximum Gasteiger partial charge on any atom is 0.337 e. The molecule has 138 valence electrons. The number of nitrogens with zero attached hydrogens (tertiary/aromatic N) is 2. The van der Waals surface area contributed by atoms with Crippen molar-refractivity contribution in [2.45, 2.75) is 12.8 Å². The van der Waals surface area contributed by atoms with Gasteiger partial charge in [-0.3, -0.25) is 14.4 Å². The highest BCUT2D eigenvalue weighted by Gasteiger charge is 2.36. The first kappa shape index (κ1) is 19.0. The van der Waals surface area contributed by atoms with Crippen LogP contribution in [0.15, 0.2) is 48.5 Å². The molecule has 3 rings (SSSR count). The van der Waals surface area contributed by atoms with Gasteiger partial charge in [0.15, 0.2) is 5.78 Å². The molecule has 0 saturated carbocycles. The van der Waals surface area contributed by atoms with E-state index in [1.165, 1.54) is 17.1 Å². The molecule has 2 aromatic rings. The first-order valence-electron chi connectivity index (χ1n) is 8.11. The first-order valence-corrected chi connectivity index (χ1v) is 9.64. The number of hydrogen-bond donors (Lipinski definition) is 1. The Hall–Kier alpha value is -2.75. The fourth-order valence-electron chi connectivity index (χ4n) is 2.85. The summed E-state index contributed by atoms with van der Waals surface area (Å²) in [4.78, 5) is 48.2. The summed E-state index contributed by atoms with van der Waals surface area (Å²) in [6, 6.07) is 12.5. The average molecular weight is 478 g/mol. The second kappa shape index (κ2) is 7.87. The van der Waals surface area contributed by atoms with Crippen LogP contribution in [0.1, 0.15) is 33.6 Å². The molecule has 1 heterocycles. The molecule has 0 bridgehead atoms. The smallest absolute Gasteiger partial charge is 0.337 e. The number of carbonyl (C=O) groups excluding carboxylic acids is 3. The molecule has 1 fully saturated rings. The first-order chi connectivity index (χ1) is 12.9. The summed E-state index contributed by atoms with van der Waals surface area (Å²) in [5, 5.41) is 11.8. The van der Waals surface area contributed by atoms with Crippen molar-refractivity contribution >= 4 is 57.5 Å². The number of hydrogen-bond acceptors (Lipinski definition) is 5. The maximum atomic E-state index is 12.3. The number of alkyl halides is 1. The van der Waals surface area contributed by atoms with Crippen LogP contribution in [0.3, 0.4) is 0 Å². The number of halogens is 1. The van der Waals surface area contributed by atoms with Crippen molar-refractivity contribution in [3.05, 3.63) is 59.7 Å². The molecule has 1 saturated heterocycles. The van der Waals surface area contributed by atoms with E-state index in [1.54, 1.807) is 36.4 Å². The minimum absolute atomic E-state index is 0.0441. The fraction of sp³-hybridized carbons (Fsp3) is 0.158. The van der Waals surface area contributed by atoms with Gasteiger partial charge >= 0.3 is 5.97 Å². The van der Waals surface area contributed by atoms with Crippen molar-refractivity contribution in [3.63, 3.8) is 0 Å². The number of para-hydroxylation sites is 1. The largest absolute Gasteiger partial charge is 0.478 e. The predicted molar refractivity (Wildman–Crippen MR) is 106 cm³/mol. The zero-order valence-electron chi connectivity index (χ0n) is 14.1. The maximum absolute atomic E-state index is 12.3. The standard InChI is InChI=1S/C19H15IN2O5/c20-11-16(23)12-5-7-13(8-6-12)21(22-17(24)9-10-18(22)25)15-4-2-1-3-14(15)19(26)27/h1-8H,9-11H2,(H,26,27). The molecule has 7 nitrogen and oxygen atoms in total. The second-order valence-corrected chi connectivity index (χ2v) is 6.60. The van der Waals surface area contributed by atoms with Crippen LogP contribution < -0.4 is 5.01 Å². The third-order valence-electron chi connectivity index (χ3n) is 4.14. The van der Waals surface area contributed by atoms with Gasteiger partial charge in [0.1, 0.15) is 0 Å². The lowest BCUT2D eigenvalue weighted by atomic mass is 10.1. The zero-order chi connectivity index (χ0) is 19.6. The normalized spacial score (nSPS) is 13.7. The Morgan fingerprint density at radius 1 is 1.00 bits per heavy atom. The number of amides is 2. The molecular weight excluding hydrogens is 463 g/mol. The molecule has 0 atom stereocenters. The van der Waals surface area contributed by atoms with Crippen LogP contribution in [0, 0.1) is 0 Å². The number of carboxylic acid groups (broad SMARTS) is 1. The van der Waals surface area contributed by atoms with E-state index in [1.807, 2.05) is 22.6 Å². The van der Waals surface area contributed by atoms with Crippen molar-refractivity contribution < 1.29 is 24.3 Å². The number of carbonyl (C=O) groups is 4. The van der Waals surface area contributed by atoms with Crippen molar-refractivity contribution in [3.8, 4) is 0 Å². The van der Waals surface area contributed by atoms with Gasteiger partial charge in [-0.15, -0.1) is 0 Å². The van der Waals surface area contributed by atoms with E-state index in [4.69, 9.17) is 0 Å². The Labute approximate surface area is 168 Å². The van der Waals surface area contributed by atoms with E-state index in [2.05, 4.69) is 0 Å². The van der Waals surface area contributed by atoms with E-state index in [0.717, 1.165) is 5.01 Å². The van der Waals surface area contributed by atoms with Gasteiger partial charge in [-0.25, -0.2) is 9.80 Å². The van der Waals surface area contributed by atoms with Gasteiger partial charge in [-0.2, -0.15) is 5.01 Å². The van der Waals surface area contributed by atoms with Crippen LogP contribution in [0.4, 0.5) is 11.4 Å². The number of aromatic carboxylic acids is 1. The van der Waals surface area contributed by atoms with E-state index in [0.29, 0.717) is 15.7 Å². The van der Waals surface area contributed by atoms with Gasteiger partial charge in [0, 0.05) is 18.4 Å². The summed E-state index contributed by atoms with van der Waals surface area (Å²) in [6.07, 6.45) is 0.131. The molecule has 1 N–H and O–H groups in total. The van der Waals surface area contributed by atoms with E-state index < -0.39 is 17.8 Å². The van der Waals surface area contributed by atoms with Crippen LogP contribution in [-0.2, 0) is 9.59 Å². The van der Waals surface area contributed by atoms with Crippen molar-refractivity contribution in [1.29, 1.82) is 0 Å². The van der Waals surface area contributed by atoms with Gasteiger partial charge in [-0.1, -0.05) is 34.7 Å². The molecule has 1 aliphatic heterocycles. The number of rotatable bonds is 6. The highest BCUT2D eigenvalue weighted by atomic mass is 127. The van der Waals surface area contributed by atoms with E-state index >= 15 is 0 Å². The molecule has 0 radical (unpaired) electrons. The Bertz CT molecular complexity index is 910. The lowest BCUT2D eigenvalue weighted by Gasteiger charge is -2.32. The second-order valence-electron chi connectivity index (χ2n) is 5.84. The monoisotopic (exact) mass is 478 g/mol. The number of benzene rings is 2. The van der Waals surface area contributed by atoms with Crippen molar-refractivity contribution in [1.82, 2.24) is 5.01 Å². The molecule has 27 heavy (non-hydrogen) atoms. The molecule has 1 aliphatic rings. The summed E-state index contributed by atoms with van der Waals surface area (Å²) in [5.74, 6) is -2.04. The third-order valence-corrected chi connectivity index (χ3v) is 4.84. The van der Waals surface area contributed by atoms with E-state index in [-0.39, 0.29) is 29.9 Å². The highest BCUT2D eigenvalue weighted by Crippen LogP contribution is 2.33. The number of Topliss-reactive ketones (excluding diaryl/α,β-unsaturated/α-hetero) is 1. The average Bonchev–Trinajstić information content (AvgIpc) is 3.01. The molecule has 2 aromatic carbocycles. The topological polar surface area (TPSA) is 95.0 Å². The van der Waals surface area contributed by atoms with Crippen LogP contribution in [-0.4, -0.2) is 38.1 Å². The zero-order valence-corrected chi connectivity index (χ0v) is 16.3. The summed E-state index contributed by atoms with van der Waals surface area (Å²) in [7, 11) is 0. The van der Waals surface area contributed by atoms with Crippen LogP contribution >= 0.6 is 22.6 Å². The van der Waals surface area contributed by atoms with Crippen LogP contribution in [0.5, 0.6) is 0 Å². The minimum Gasteiger partial charge on any atom is -0.478 e. The lowest BCUT2D eigenvalue weighted by Crippen LogP contribution is -2.43. The fourth-order valence-corrected chi connectivity index (χ4v) is 3.30. The van der Waals surface area contributed by atoms with Gasteiger partial charge in [0.25, 0.3) is 0 Å². The molecule has 0 unspecified atom stereocenters. The summed E-state index contributed by atoms with van der Waals surface area (Å²) in [6.45, 7) is 0. The van der Waals surface area contributed by atoms with Crippen LogP contribution in [0.25, 0.3) is 0 Å². The van der Waals surface area contributed by atoms with Gasteiger partial charge in [0.05, 0.1) is 21.4 Å². The molecule has 0 spiro atoms. The summed E-state index contributed by atoms with van der Waals surface area (Å²) < 4.78 is 0.325. The highest BCUT2D eigenvalue weighted by molar-refractivity contribution is 14.1. The molecular formula is C19H15IN2O5. The van der Waals surface area contributed by atoms with E-state index in [9.17, 15) is 24.3 Å².